The van der Waals surface area contributed by atoms with Gasteiger partial charge in [0.2, 0.25) is 8.38 Å². The molecule has 1 heterocycles. The van der Waals surface area contributed by atoms with Crippen LogP contribution in [0.25, 0.3) is 0 Å². The van der Waals surface area contributed by atoms with E-state index < -0.39 is 8.38 Å². The maximum atomic E-state index is 5.72. The zero-order valence-electron chi connectivity index (χ0n) is 8.56. The van der Waals surface area contributed by atoms with Crippen LogP contribution in [-0.4, -0.2) is 13.2 Å². The molecule has 1 aliphatic rings. The molecule has 76 valence electrons. The van der Waals surface area contributed by atoms with Crippen molar-refractivity contribution in [2.45, 2.75) is 13.8 Å². The van der Waals surface area contributed by atoms with E-state index in [-0.39, 0.29) is 5.41 Å². The Bertz CT molecular complexity index is 287. The third kappa shape index (κ3) is 2.33. The topological polar surface area (TPSA) is 18.5 Å². The lowest BCUT2D eigenvalue weighted by atomic mass is 9.97. The molecule has 0 unspecified atom stereocenters. The Morgan fingerprint density at radius 2 is 1.64 bits per heavy atom. The van der Waals surface area contributed by atoms with Crippen molar-refractivity contribution in [3.63, 3.8) is 0 Å². The highest BCUT2D eigenvalue weighted by atomic mass is 31.2. The molecule has 0 spiro atoms. The first-order valence-electron chi connectivity index (χ1n) is 4.78. The maximum absolute atomic E-state index is 5.72. The van der Waals surface area contributed by atoms with E-state index in [1.807, 2.05) is 18.2 Å². The van der Waals surface area contributed by atoms with Crippen molar-refractivity contribution >= 4 is 13.7 Å². The van der Waals surface area contributed by atoms with Gasteiger partial charge in [0.05, 0.1) is 13.2 Å². The Labute approximate surface area is 86.2 Å². The van der Waals surface area contributed by atoms with Gasteiger partial charge in [-0.1, -0.05) is 32.0 Å². The molecule has 0 amide bonds. The van der Waals surface area contributed by atoms with Crippen molar-refractivity contribution in [2.24, 2.45) is 5.41 Å². The highest BCUT2D eigenvalue weighted by Crippen LogP contribution is 2.44. The summed E-state index contributed by atoms with van der Waals surface area (Å²) in [6.07, 6.45) is 0. The van der Waals surface area contributed by atoms with Crippen molar-refractivity contribution in [3.05, 3.63) is 30.3 Å². The van der Waals surface area contributed by atoms with Gasteiger partial charge >= 0.3 is 0 Å². The molecule has 2 nitrogen and oxygen atoms in total. The van der Waals surface area contributed by atoms with Crippen molar-refractivity contribution in [1.29, 1.82) is 0 Å². The Hall–Kier alpha value is -0.430. The summed E-state index contributed by atoms with van der Waals surface area (Å²) in [4.78, 5) is 0. The number of hydrogen-bond acceptors (Lipinski definition) is 2. The third-order valence-corrected chi connectivity index (χ3v) is 3.56. The molecule has 14 heavy (non-hydrogen) atoms. The SMILES string of the molecule is CC1(C)COP(c2ccccc2)OC1. The first kappa shape index (κ1) is 10.1. The van der Waals surface area contributed by atoms with Gasteiger partial charge in [0.1, 0.15) is 0 Å². The van der Waals surface area contributed by atoms with Gasteiger partial charge in [-0.05, 0) is 12.1 Å². The summed E-state index contributed by atoms with van der Waals surface area (Å²) in [6.45, 7) is 5.89. The molecule has 0 atom stereocenters. The summed E-state index contributed by atoms with van der Waals surface area (Å²) in [7, 11) is -0.825. The third-order valence-electron chi connectivity index (χ3n) is 2.11. The second-order valence-electron chi connectivity index (χ2n) is 4.30. The average Bonchev–Trinajstić information content (AvgIpc) is 2.19. The highest BCUT2D eigenvalue weighted by molar-refractivity contribution is 7.56. The second-order valence-corrected chi connectivity index (χ2v) is 5.85. The highest BCUT2D eigenvalue weighted by Gasteiger charge is 2.29. The molecule has 0 aliphatic carbocycles. The Balaban J connectivity index is 2.03. The molecule has 1 aromatic rings. The van der Waals surface area contributed by atoms with Gasteiger partial charge in [-0.3, -0.25) is 0 Å². The normalized spacial score (nSPS) is 22.1. The van der Waals surface area contributed by atoms with Gasteiger partial charge in [0.15, 0.2) is 0 Å². The molecule has 0 saturated carbocycles. The van der Waals surface area contributed by atoms with Gasteiger partial charge in [-0.2, -0.15) is 0 Å². The van der Waals surface area contributed by atoms with Gasteiger partial charge in [0, 0.05) is 10.7 Å². The number of rotatable bonds is 1. The zero-order valence-corrected chi connectivity index (χ0v) is 9.46. The van der Waals surface area contributed by atoms with E-state index >= 15 is 0 Å². The van der Waals surface area contributed by atoms with E-state index in [1.165, 1.54) is 0 Å². The largest absolute Gasteiger partial charge is 0.330 e. The quantitative estimate of drug-likeness (QED) is 0.663. The van der Waals surface area contributed by atoms with Crippen LogP contribution < -0.4 is 5.30 Å². The zero-order chi connectivity index (χ0) is 10.0. The summed E-state index contributed by atoms with van der Waals surface area (Å²) >= 11 is 0. The minimum absolute atomic E-state index is 0.160. The van der Waals surface area contributed by atoms with Crippen molar-refractivity contribution in [2.75, 3.05) is 13.2 Å². The molecule has 1 aromatic carbocycles. The van der Waals surface area contributed by atoms with Crippen LogP contribution in [0.15, 0.2) is 30.3 Å². The molecule has 1 fully saturated rings. The Morgan fingerprint density at radius 1 is 1.07 bits per heavy atom. The van der Waals surface area contributed by atoms with Crippen molar-refractivity contribution in [3.8, 4) is 0 Å². The van der Waals surface area contributed by atoms with Crippen molar-refractivity contribution < 1.29 is 9.05 Å². The van der Waals surface area contributed by atoms with Gasteiger partial charge in [-0.25, -0.2) is 0 Å². The molecule has 0 N–H and O–H groups in total. The van der Waals surface area contributed by atoms with Gasteiger partial charge in [-0.15, -0.1) is 0 Å². The Kier molecular flexibility index (Phi) is 2.87. The smallest absolute Gasteiger partial charge is 0.205 e. The lowest BCUT2D eigenvalue weighted by Gasteiger charge is -2.33. The van der Waals surface area contributed by atoms with E-state index in [4.69, 9.17) is 9.05 Å². The van der Waals surface area contributed by atoms with E-state index in [1.54, 1.807) is 0 Å². The standard InChI is InChI=1S/C11H15O2P/c1-11(2)8-12-14(13-9-11)10-6-4-3-5-7-10/h3-7H,8-9H2,1-2H3. The summed E-state index contributed by atoms with van der Waals surface area (Å²) in [6, 6.07) is 10.2. The number of hydrogen-bond donors (Lipinski definition) is 0. The Morgan fingerprint density at radius 3 is 2.21 bits per heavy atom. The monoisotopic (exact) mass is 210 g/mol. The first-order chi connectivity index (χ1) is 6.67. The summed E-state index contributed by atoms with van der Waals surface area (Å²) in [5.74, 6) is 0. The van der Waals surface area contributed by atoms with Crippen molar-refractivity contribution in [1.82, 2.24) is 0 Å². The summed E-state index contributed by atoms with van der Waals surface area (Å²) in [5, 5.41) is 1.16. The second kappa shape index (κ2) is 3.98. The fraction of sp³-hybridized carbons (Fsp3) is 0.455. The van der Waals surface area contributed by atoms with Crippen LogP contribution in [0.2, 0.25) is 0 Å². The molecule has 1 aliphatic heterocycles. The minimum atomic E-state index is -0.825. The number of benzene rings is 1. The van der Waals surface area contributed by atoms with Gasteiger partial charge in [0.25, 0.3) is 0 Å². The molecule has 3 heteroatoms. The first-order valence-corrected chi connectivity index (χ1v) is 5.96. The summed E-state index contributed by atoms with van der Waals surface area (Å²) in [5.41, 5.74) is 0.160. The van der Waals surface area contributed by atoms with Crippen LogP contribution in [0.5, 0.6) is 0 Å². The maximum Gasteiger partial charge on any atom is 0.205 e. The van der Waals surface area contributed by atoms with Crippen LogP contribution in [0.4, 0.5) is 0 Å². The van der Waals surface area contributed by atoms with E-state index in [0.29, 0.717) is 0 Å². The molecule has 0 radical (unpaired) electrons. The van der Waals surface area contributed by atoms with E-state index in [2.05, 4.69) is 26.0 Å². The average molecular weight is 210 g/mol. The summed E-state index contributed by atoms with van der Waals surface area (Å²) < 4.78 is 11.4. The van der Waals surface area contributed by atoms with E-state index in [9.17, 15) is 0 Å². The fourth-order valence-corrected chi connectivity index (χ4v) is 2.97. The molecule has 0 bridgehead atoms. The molecular weight excluding hydrogens is 195 g/mol. The van der Waals surface area contributed by atoms with Crippen LogP contribution in [-0.2, 0) is 9.05 Å². The van der Waals surface area contributed by atoms with Crippen LogP contribution in [0.1, 0.15) is 13.8 Å². The predicted octanol–water partition coefficient (Wildman–Crippen LogP) is 2.70. The molecule has 0 aromatic heterocycles. The molecular formula is C11H15O2P. The predicted molar refractivity (Wildman–Crippen MR) is 58.7 cm³/mol. The van der Waals surface area contributed by atoms with Crippen LogP contribution >= 0.6 is 8.38 Å². The van der Waals surface area contributed by atoms with Crippen LogP contribution in [0, 0.1) is 5.41 Å². The van der Waals surface area contributed by atoms with Crippen LogP contribution in [0.3, 0.4) is 0 Å². The minimum Gasteiger partial charge on any atom is -0.330 e. The fourth-order valence-electron chi connectivity index (χ4n) is 1.24. The molecule has 1 saturated heterocycles. The molecule has 2 rings (SSSR count). The van der Waals surface area contributed by atoms with Gasteiger partial charge < -0.3 is 9.05 Å². The lowest BCUT2D eigenvalue weighted by Crippen LogP contribution is -2.30. The lowest BCUT2D eigenvalue weighted by molar-refractivity contribution is 0.0656. The van der Waals surface area contributed by atoms with E-state index in [0.717, 1.165) is 18.5 Å².